The van der Waals surface area contributed by atoms with E-state index in [-0.39, 0.29) is 24.1 Å². The van der Waals surface area contributed by atoms with Gasteiger partial charge >= 0.3 is 0 Å². The molecule has 28 heavy (non-hydrogen) atoms. The highest BCUT2D eigenvalue weighted by molar-refractivity contribution is 6.00. The third kappa shape index (κ3) is 3.49. The molecule has 0 unspecified atom stereocenters. The van der Waals surface area contributed by atoms with E-state index in [0.717, 1.165) is 0 Å². The number of amides is 2. The van der Waals surface area contributed by atoms with Crippen LogP contribution in [0.5, 0.6) is 0 Å². The Morgan fingerprint density at radius 2 is 1.86 bits per heavy atom. The highest BCUT2D eigenvalue weighted by Gasteiger charge is 2.41. The molecule has 2 aromatic rings. The summed E-state index contributed by atoms with van der Waals surface area (Å²) < 4.78 is 13.1. The highest BCUT2D eigenvalue weighted by Crippen LogP contribution is 2.33. The fraction of sp³-hybridized carbons (Fsp3) is 0.381. The number of halogens is 1. The predicted octanol–water partition coefficient (Wildman–Crippen LogP) is 2.08. The fourth-order valence-corrected chi connectivity index (χ4v) is 3.99. The van der Waals surface area contributed by atoms with Crippen molar-refractivity contribution in [3.05, 3.63) is 60.2 Å². The largest absolute Gasteiger partial charge is 0.383 e. The number of aromatic nitrogens is 1. The summed E-state index contributed by atoms with van der Waals surface area (Å²) in [5.74, 6) is -0.983. The van der Waals surface area contributed by atoms with E-state index in [2.05, 4.69) is 4.98 Å². The fourth-order valence-electron chi connectivity index (χ4n) is 3.99. The van der Waals surface area contributed by atoms with Crippen LogP contribution >= 0.6 is 0 Å². The lowest BCUT2D eigenvalue weighted by Crippen LogP contribution is -2.47. The normalized spacial score (nSPS) is 21.8. The van der Waals surface area contributed by atoms with E-state index in [4.69, 9.17) is 0 Å². The Balaban J connectivity index is 1.39. The number of nitrogens with zero attached hydrogens (tertiary/aromatic N) is 3. The van der Waals surface area contributed by atoms with Crippen molar-refractivity contribution in [1.82, 2.24) is 9.88 Å². The molecule has 0 aliphatic carbocycles. The van der Waals surface area contributed by atoms with Crippen LogP contribution in [0.1, 0.15) is 25.0 Å². The van der Waals surface area contributed by atoms with E-state index in [0.29, 0.717) is 43.9 Å². The summed E-state index contributed by atoms with van der Waals surface area (Å²) in [5, 5.41) is 10.9. The molecule has 1 aromatic carbocycles. The first kappa shape index (κ1) is 18.6. The van der Waals surface area contributed by atoms with E-state index in [1.165, 1.54) is 17.0 Å². The van der Waals surface area contributed by atoms with Crippen LogP contribution in [-0.2, 0) is 15.2 Å². The van der Waals surface area contributed by atoms with Gasteiger partial charge in [0.1, 0.15) is 11.4 Å². The molecule has 1 aromatic heterocycles. The van der Waals surface area contributed by atoms with Crippen molar-refractivity contribution in [2.45, 2.75) is 24.9 Å². The van der Waals surface area contributed by atoms with Crippen LogP contribution in [0.15, 0.2) is 48.7 Å². The van der Waals surface area contributed by atoms with Gasteiger partial charge in [-0.1, -0.05) is 6.07 Å². The van der Waals surface area contributed by atoms with Gasteiger partial charge in [-0.3, -0.25) is 14.6 Å². The Labute approximate surface area is 162 Å². The average Bonchev–Trinajstić information content (AvgIpc) is 3.11. The zero-order valence-corrected chi connectivity index (χ0v) is 15.4. The second kappa shape index (κ2) is 7.31. The van der Waals surface area contributed by atoms with Crippen LogP contribution in [-0.4, -0.2) is 46.4 Å². The van der Waals surface area contributed by atoms with Crippen LogP contribution in [0, 0.1) is 11.7 Å². The molecule has 7 heteroatoms. The summed E-state index contributed by atoms with van der Waals surface area (Å²) >= 11 is 0. The molecular weight excluding hydrogens is 361 g/mol. The number of benzene rings is 1. The molecule has 1 N–H and O–H groups in total. The number of rotatable bonds is 3. The van der Waals surface area contributed by atoms with Crippen molar-refractivity contribution >= 4 is 17.5 Å². The number of piperidine rings is 1. The van der Waals surface area contributed by atoms with Gasteiger partial charge in [0.05, 0.1) is 11.6 Å². The maximum absolute atomic E-state index is 13.1. The summed E-state index contributed by atoms with van der Waals surface area (Å²) in [6.45, 7) is 1.14. The van der Waals surface area contributed by atoms with Crippen LogP contribution < -0.4 is 4.90 Å². The Morgan fingerprint density at radius 3 is 2.50 bits per heavy atom. The quantitative estimate of drug-likeness (QED) is 0.881. The first-order valence-electron chi connectivity index (χ1n) is 9.45. The highest BCUT2D eigenvalue weighted by atomic mass is 19.1. The number of carbonyl (C=O) groups excluding carboxylic acids is 2. The summed E-state index contributed by atoms with van der Waals surface area (Å²) in [6.07, 6.45) is 2.63. The van der Waals surface area contributed by atoms with Gasteiger partial charge < -0.3 is 14.9 Å². The van der Waals surface area contributed by atoms with Crippen LogP contribution in [0.25, 0.3) is 0 Å². The van der Waals surface area contributed by atoms with E-state index >= 15 is 0 Å². The van der Waals surface area contributed by atoms with Crippen LogP contribution in [0.4, 0.5) is 10.1 Å². The maximum atomic E-state index is 13.1. The minimum Gasteiger partial charge on any atom is -0.383 e. The van der Waals surface area contributed by atoms with Crippen LogP contribution in [0.2, 0.25) is 0 Å². The summed E-state index contributed by atoms with van der Waals surface area (Å²) in [6, 6.07) is 11.2. The summed E-state index contributed by atoms with van der Waals surface area (Å²) in [7, 11) is 0. The van der Waals surface area contributed by atoms with E-state index in [1.807, 2.05) is 6.07 Å². The zero-order valence-electron chi connectivity index (χ0n) is 15.4. The lowest BCUT2D eigenvalue weighted by Gasteiger charge is -2.38. The maximum Gasteiger partial charge on any atom is 0.228 e. The molecule has 6 nitrogen and oxygen atoms in total. The minimum atomic E-state index is -1.02. The van der Waals surface area contributed by atoms with Crippen molar-refractivity contribution in [2.24, 2.45) is 5.92 Å². The molecule has 2 aliphatic rings. The van der Waals surface area contributed by atoms with Crippen molar-refractivity contribution in [3.63, 3.8) is 0 Å². The second-order valence-corrected chi connectivity index (χ2v) is 7.45. The number of hydrogen-bond donors (Lipinski definition) is 1. The van der Waals surface area contributed by atoms with Gasteiger partial charge in [0.15, 0.2) is 0 Å². The van der Waals surface area contributed by atoms with Crippen LogP contribution in [0.3, 0.4) is 0 Å². The summed E-state index contributed by atoms with van der Waals surface area (Å²) in [4.78, 5) is 32.8. The number of anilines is 1. The Hall–Kier alpha value is -2.80. The Kier molecular flexibility index (Phi) is 4.85. The molecule has 0 radical (unpaired) electrons. The molecule has 146 valence electrons. The summed E-state index contributed by atoms with van der Waals surface area (Å²) in [5.41, 5.74) is 0.203. The van der Waals surface area contributed by atoms with Crippen molar-refractivity contribution in [1.29, 1.82) is 0 Å². The standard InChI is InChI=1S/C21H22FN3O3/c22-16-4-6-17(7-5-16)25-14-15(13-19(25)26)20(27)24-11-8-21(28,9-12-24)18-3-1-2-10-23-18/h1-7,10,15,28H,8-9,11-14H2/t15-/m1/s1. The van der Waals surface area contributed by atoms with E-state index in [1.54, 1.807) is 35.4 Å². The first-order valence-corrected chi connectivity index (χ1v) is 9.45. The lowest BCUT2D eigenvalue weighted by molar-refractivity contribution is -0.140. The van der Waals surface area contributed by atoms with Gasteiger partial charge in [-0.05, 0) is 49.2 Å². The van der Waals surface area contributed by atoms with Crippen molar-refractivity contribution in [3.8, 4) is 0 Å². The molecule has 3 heterocycles. The van der Waals surface area contributed by atoms with Crippen molar-refractivity contribution < 1.29 is 19.1 Å². The van der Waals surface area contributed by atoms with Gasteiger partial charge in [-0.25, -0.2) is 4.39 Å². The average molecular weight is 383 g/mol. The number of likely N-dealkylation sites (tertiary alicyclic amines) is 1. The molecule has 2 aliphatic heterocycles. The van der Waals surface area contributed by atoms with Crippen molar-refractivity contribution in [2.75, 3.05) is 24.5 Å². The molecule has 0 spiro atoms. The minimum absolute atomic E-state index is 0.0685. The van der Waals surface area contributed by atoms with Gasteiger partial charge in [-0.15, -0.1) is 0 Å². The first-order chi connectivity index (χ1) is 13.5. The lowest BCUT2D eigenvalue weighted by atomic mass is 9.87. The zero-order chi connectivity index (χ0) is 19.7. The molecule has 0 saturated carbocycles. The van der Waals surface area contributed by atoms with Gasteiger partial charge in [0.25, 0.3) is 0 Å². The van der Waals surface area contributed by atoms with Gasteiger partial charge in [-0.2, -0.15) is 0 Å². The number of pyridine rings is 1. The smallest absolute Gasteiger partial charge is 0.228 e. The van der Waals surface area contributed by atoms with E-state index < -0.39 is 11.5 Å². The predicted molar refractivity (Wildman–Crippen MR) is 101 cm³/mol. The van der Waals surface area contributed by atoms with E-state index in [9.17, 15) is 19.1 Å². The third-order valence-electron chi connectivity index (χ3n) is 5.66. The molecular formula is C21H22FN3O3. The third-order valence-corrected chi connectivity index (χ3v) is 5.66. The molecule has 1 atom stereocenters. The topological polar surface area (TPSA) is 73.7 Å². The Bertz CT molecular complexity index is 864. The molecule has 2 fully saturated rings. The number of hydrogen-bond acceptors (Lipinski definition) is 4. The Morgan fingerprint density at radius 1 is 1.14 bits per heavy atom. The molecule has 0 bridgehead atoms. The molecule has 4 rings (SSSR count). The molecule has 2 saturated heterocycles. The van der Waals surface area contributed by atoms with Gasteiger partial charge in [0.2, 0.25) is 11.8 Å². The monoisotopic (exact) mass is 383 g/mol. The van der Waals surface area contributed by atoms with Gasteiger partial charge in [0, 0.05) is 37.9 Å². The second-order valence-electron chi connectivity index (χ2n) is 7.45. The SMILES string of the molecule is O=C([C@@H]1CC(=O)N(c2ccc(F)cc2)C1)N1CCC(O)(c2ccccn2)CC1. The number of aliphatic hydroxyl groups is 1. The number of carbonyl (C=O) groups is 2. The molecule has 2 amide bonds.